The van der Waals surface area contributed by atoms with Crippen LogP contribution in [0.1, 0.15) is 40.8 Å². The molecule has 1 atom stereocenters. The van der Waals surface area contributed by atoms with E-state index in [0.717, 1.165) is 11.1 Å². The van der Waals surface area contributed by atoms with Crippen molar-refractivity contribution in [1.29, 1.82) is 0 Å². The Bertz CT molecular complexity index is 1600. The number of para-hydroxylation sites is 1. The van der Waals surface area contributed by atoms with Crippen LogP contribution in [0.2, 0.25) is 0 Å². The summed E-state index contributed by atoms with van der Waals surface area (Å²) in [6.45, 7) is 6.97. The largest absolute Gasteiger partial charge is 0.440 e. The molecule has 0 amide bonds. The zero-order chi connectivity index (χ0) is 24.9. The molecule has 2 heterocycles. The number of hydrogen-bond donors (Lipinski definition) is 2. The van der Waals surface area contributed by atoms with E-state index in [4.69, 9.17) is 9.56 Å². The second-order valence-corrected chi connectivity index (χ2v) is 10.7. The summed E-state index contributed by atoms with van der Waals surface area (Å²) in [5, 5.41) is 9.18. The third kappa shape index (κ3) is 4.19. The Morgan fingerprint density at radius 3 is 2.29 bits per heavy atom. The third-order valence-electron chi connectivity index (χ3n) is 6.53. The number of nitrogens with zero attached hydrogens (tertiary/aromatic N) is 1. The molecule has 180 valence electrons. The van der Waals surface area contributed by atoms with E-state index in [2.05, 4.69) is 22.3 Å². The number of primary sulfonamides is 1. The maximum Gasteiger partial charge on any atom is 0.240 e. The van der Waals surface area contributed by atoms with E-state index >= 15 is 0 Å². The van der Waals surface area contributed by atoms with Crippen LogP contribution >= 0.6 is 0 Å². The Kier molecular flexibility index (Phi) is 5.65. The van der Waals surface area contributed by atoms with Gasteiger partial charge in [0.1, 0.15) is 10.5 Å². The van der Waals surface area contributed by atoms with Crippen molar-refractivity contribution in [2.45, 2.75) is 44.8 Å². The second kappa shape index (κ2) is 8.55. The van der Waals surface area contributed by atoms with Crippen molar-refractivity contribution < 1.29 is 12.8 Å². The van der Waals surface area contributed by atoms with Crippen molar-refractivity contribution in [1.82, 2.24) is 0 Å². The molecule has 1 aromatic heterocycles. The molecule has 0 radical (unpaired) electrons. The number of anilines is 2. The average molecular weight is 490 g/mol. The standard InChI is InChI=1S/C27H27N3O4S/c1-16-12-21(18(3)29-23-10-6-7-11-24(23)35(28,32)33)26-22(13-16)25(31)17(2)27(34-26)30-14-19-8-4-5-9-20(19)15-30/h4-13,18,29H,14-15H2,1-3H3,(H2,28,32,33). The number of nitrogens with one attached hydrogen (secondary N) is 1. The molecular weight excluding hydrogens is 462 g/mol. The number of sulfonamides is 1. The van der Waals surface area contributed by atoms with Crippen LogP contribution < -0.4 is 20.8 Å². The van der Waals surface area contributed by atoms with Gasteiger partial charge >= 0.3 is 0 Å². The van der Waals surface area contributed by atoms with Gasteiger partial charge in [0, 0.05) is 18.7 Å². The highest BCUT2D eigenvalue weighted by atomic mass is 32.2. The van der Waals surface area contributed by atoms with Crippen LogP contribution in [-0.2, 0) is 23.1 Å². The molecule has 35 heavy (non-hydrogen) atoms. The van der Waals surface area contributed by atoms with Gasteiger partial charge in [0.25, 0.3) is 0 Å². The summed E-state index contributed by atoms with van der Waals surface area (Å²) in [6.07, 6.45) is 0. The monoisotopic (exact) mass is 489 g/mol. The van der Waals surface area contributed by atoms with Gasteiger partial charge in [-0.3, -0.25) is 4.79 Å². The van der Waals surface area contributed by atoms with Crippen molar-refractivity contribution in [3.63, 3.8) is 0 Å². The minimum atomic E-state index is -3.91. The number of nitrogens with two attached hydrogens (primary N) is 1. The molecule has 0 aliphatic carbocycles. The number of aryl methyl sites for hydroxylation is 1. The lowest BCUT2D eigenvalue weighted by Gasteiger charge is -2.22. The zero-order valence-corrected chi connectivity index (χ0v) is 20.6. The van der Waals surface area contributed by atoms with Crippen LogP contribution in [0.15, 0.2) is 74.8 Å². The van der Waals surface area contributed by atoms with Crippen LogP contribution in [-0.4, -0.2) is 8.42 Å². The predicted molar refractivity (Wildman–Crippen MR) is 138 cm³/mol. The minimum Gasteiger partial charge on any atom is -0.440 e. The normalized spacial score (nSPS) is 14.2. The molecule has 1 aliphatic rings. The summed E-state index contributed by atoms with van der Waals surface area (Å²) < 4.78 is 30.6. The van der Waals surface area contributed by atoms with Gasteiger partial charge in [-0.25, -0.2) is 13.6 Å². The Morgan fingerprint density at radius 1 is 1.00 bits per heavy atom. The first-order valence-electron chi connectivity index (χ1n) is 11.4. The second-order valence-electron chi connectivity index (χ2n) is 9.12. The van der Waals surface area contributed by atoms with E-state index in [0.29, 0.717) is 41.2 Å². The van der Waals surface area contributed by atoms with E-state index in [1.165, 1.54) is 17.2 Å². The van der Waals surface area contributed by atoms with Crippen LogP contribution in [0.4, 0.5) is 11.6 Å². The van der Waals surface area contributed by atoms with Crippen molar-refractivity contribution in [2.75, 3.05) is 10.2 Å². The third-order valence-corrected chi connectivity index (χ3v) is 7.50. The number of hydrogen-bond acceptors (Lipinski definition) is 6. The van der Waals surface area contributed by atoms with Crippen molar-refractivity contribution >= 4 is 32.6 Å². The average Bonchev–Trinajstić information content (AvgIpc) is 3.25. The molecular formula is C27H27N3O4S. The quantitative estimate of drug-likeness (QED) is 0.419. The maximum absolute atomic E-state index is 13.4. The molecule has 8 heteroatoms. The van der Waals surface area contributed by atoms with E-state index in [1.54, 1.807) is 25.1 Å². The first-order valence-corrected chi connectivity index (χ1v) is 13.0. The fourth-order valence-corrected chi connectivity index (χ4v) is 5.50. The fourth-order valence-electron chi connectivity index (χ4n) is 4.80. The molecule has 0 fully saturated rings. The fraction of sp³-hybridized carbons (Fsp3) is 0.222. The van der Waals surface area contributed by atoms with E-state index < -0.39 is 10.0 Å². The molecule has 3 aromatic carbocycles. The summed E-state index contributed by atoms with van der Waals surface area (Å²) in [5.74, 6) is 0.556. The molecule has 1 aliphatic heterocycles. The molecule has 4 aromatic rings. The molecule has 3 N–H and O–H groups in total. The van der Waals surface area contributed by atoms with Crippen LogP contribution in [0.3, 0.4) is 0 Å². The number of rotatable bonds is 5. The van der Waals surface area contributed by atoms with Gasteiger partial charge in [0.05, 0.1) is 22.7 Å². The Labute approximate surface area is 204 Å². The Hall–Kier alpha value is -3.62. The van der Waals surface area contributed by atoms with Crippen molar-refractivity contribution in [3.8, 4) is 0 Å². The van der Waals surface area contributed by atoms with Crippen molar-refractivity contribution in [2.24, 2.45) is 5.14 Å². The first-order chi connectivity index (χ1) is 16.6. The van der Waals surface area contributed by atoms with E-state index in [9.17, 15) is 13.2 Å². The highest BCUT2D eigenvalue weighted by Gasteiger charge is 2.26. The number of fused-ring (bicyclic) bond motifs is 2. The lowest BCUT2D eigenvalue weighted by molar-refractivity contribution is 0.565. The minimum absolute atomic E-state index is 0.0108. The summed E-state index contributed by atoms with van der Waals surface area (Å²) in [7, 11) is -3.91. The smallest absolute Gasteiger partial charge is 0.240 e. The highest BCUT2D eigenvalue weighted by molar-refractivity contribution is 7.89. The van der Waals surface area contributed by atoms with Gasteiger partial charge in [-0.2, -0.15) is 0 Å². The molecule has 0 bridgehead atoms. The van der Waals surface area contributed by atoms with Crippen LogP contribution in [0, 0.1) is 13.8 Å². The molecule has 7 nitrogen and oxygen atoms in total. The summed E-state index contributed by atoms with van der Waals surface area (Å²) in [4.78, 5) is 15.5. The van der Waals surface area contributed by atoms with Crippen LogP contribution in [0.5, 0.6) is 0 Å². The van der Waals surface area contributed by atoms with Gasteiger partial charge in [-0.05, 0) is 55.7 Å². The molecule has 5 rings (SSSR count). The molecule has 0 spiro atoms. The van der Waals surface area contributed by atoms with Gasteiger partial charge < -0.3 is 14.6 Å². The molecule has 1 unspecified atom stereocenters. The molecule has 0 saturated carbocycles. The summed E-state index contributed by atoms with van der Waals surface area (Å²) >= 11 is 0. The van der Waals surface area contributed by atoms with Gasteiger partial charge in [0.2, 0.25) is 15.9 Å². The maximum atomic E-state index is 13.4. The number of benzene rings is 3. The van der Waals surface area contributed by atoms with Gasteiger partial charge in [-0.1, -0.05) is 42.5 Å². The van der Waals surface area contributed by atoms with Gasteiger partial charge in [0.15, 0.2) is 5.43 Å². The Morgan fingerprint density at radius 2 is 1.63 bits per heavy atom. The Balaban J connectivity index is 1.61. The van der Waals surface area contributed by atoms with E-state index in [-0.39, 0.29) is 16.4 Å². The summed E-state index contributed by atoms with van der Waals surface area (Å²) in [6, 6.07) is 18.1. The van der Waals surface area contributed by atoms with Gasteiger partial charge in [-0.15, -0.1) is 0 Å². The van der Waals surface area contributed by atoms with E-state index in [1.807, 2.05) is 38.1 Å². The predicted octanol–water partition coefficient (Wildman–Crippen LogP) is 4.75. The zero-order valence-electron chi connectivity index (χ0n) is 19.8. The lowest BCUT2D eigenvalue weighted by Crippen LogP contribution is -2.21. The summed E-state index contributed by atoms with van der Waals surface area (Å²) in [5.41, 5.74) is 5.49. The lowest BCUT2D eigenvalue weighted by atomic mass is 10.00. The highest BCUT2D eigenvalue weighted by Crippen LogP contribution is 2.35. The van der Waals surface area contributed by atoms with Crippen molar-refractivity contribution in [3.05, 3.63) is 98.7 Å². The van der Waals surface area contributed by atoms with Crippen LogP contribution in [0.25, 0.3) is 11.0 Å². The molecule has 0 saturated heterocycles. The SMILES string of the molecule is Cc1cc(C(C)Nc2ccccc2S(N)(=O)=O)c2oc(N3Cc4ccccc4C3)c(C)c(=O)c2c1. The first kappa shape index (κ1) is 23.1. The topological polar surface area (TPSA) is 106 Å².